The van der Waals surface area contributed by atoms with Gasteiger partial charge in [-0.1, -0.05) is 12.1 Å². The van der Waals surface area contributed by atoms with Crippen molar-refractivity contribution in [3.63, 3.8) is 0 Å². The summed E-state index contributed by atoms with van der Waals surface area (Å²) >= 11 is 0. The minimum Gasteiger partial charge on any atom is -0.384 e. The van der Waals surface area contributed by atoms with Gasteiger partial charge in [-0.15, -0.1) is 0 Å². The summed E-state index contributed by atoms with van der Waals surface area (Å²) in [4.78, 5) is 12.0. The highest BCUT2D eigenvalue weighted by Crippen LogP contribution is 2.20. The lowest BCUT2D eigenvalue weighted by atomic mass is 9.96. The quantitative estimate of drug-likeness (QED) is 0.912. The van der Waals surface area contributed by atoms with Crippen molar-refractivity contribution < 1.29 is 18.7 Å². The van der Waals surface area contributed by atoms with Crippen molar-refractivity contribution in [3.05, 3.63) is 70.8 Å². The lowest BCUT2D eigenvalue weighted by Gasteiger charge is -2.24. The van der Waals surface area contributed by atoms with Gasteiger partial charge in [0, 0.05) is 5.56 Å². The Hall–Kier alpha value is -2.27. The topological polar surface area (TPSA) is 49.3 Å². The zero-order chi connectivity index (χ0) is 16.3. The van der Waals surface area contributed by atoms with Crippen LogP contribution in [0.25, 0.3) is 0 Å². The molecule has 1 amide bonds. The largest absolute Gasteiger partial charge is 0.384 e. The van der Waals surface area contributed by atoms with Crippen molar-refractivity contribution in [2.45, 2.75) is 19.4 Å². The van der Waals surface area contributed by atoms with Crippen LogP contribution >= 0.6 is 0 Å². The Morgan fingerprint density at radius 2 is 1.82 bits per heavy atom. The Morgan fingerprint density at radius 1 is 1.18 bits per heavy atom. The molecule has 2 aromatic carbocycles. The number of benzene rings is 2. The molecule has 0 heterocycles. The number of halogens is 2. The Morgan fingerprint density at radius 3 is 2.41 bits per heavy atom. The van der Waals surface area contributed by atoms with E-state index in [0.717, 1.165) is 0 Å². The van der Waals surface area contributed by atoms with Gasteiger partial charge in [0.1, 0.15) is 17.2 Å². The molecule has 3 nitrogen and oxygen atoms in total. The van der Waals surface area contributed by atoms with E-state index in [1.54, 1.807) is 6.92 Å². The van der Waals surface area contributed by atoms with Gasteiger partial charge >= 0.3 is 0 Å². The third-order valence-corrected chi connectivity index (χ3v) is 3.48. The first-order chi connectivity index (χ1) is 10.3. The molecule has 2 N–H and O–H groups in total. The predicted octanol–water partition coefficient (Wildman–Crippen LogP) is 2.91. The summed E-state index contributed by atoms with van der Waals surface area (Å²) in [6.45, 7) is 3.05. The molecule has 2 aromatic rings. The van der Waals surface area contributed by atoms with E-state index < -0.39 is 17.3 Å². The van der Waals surface area contributed by atoms with Crippen LogP contribution in [0.5, 0.6) is 0 Å². The number of carbonyl (C=O) groups excluding carboxylic acids is 1. The number of rotatable bonds is 4. The average molecular weight is 305 g/mol. The van der Waals surface area contributed by atoms with Gasteiger partial charge in [-0.05, 0) is 55.3 Å². The molecular weight excluding hydrogens is 288 g/mol. The van der Waals surface area contributed by atoms with E-state index in [2.05, 4.69) is 5.32 Å². The summed E-state index contributed by atoms with van der Waals surface area (Å²) in [6.07, 6.45) is 0. The zero-order valence-corrected chi connectivity index (χ0v) is 12.4. The SMILES string of the molecule is Cc1cc(C(=O)NCC(C)(O)c2ccc(F)cc2)ccc1F. The molecule has 22 heavy (non-hydrogen) atoms. The molecule has 0 fully saturated rings. The molecule has 0 aromatic heterocycles. The van der Waals surface area contributed by atoms with Gasteiger partial charge in [0.25, 0.3) is 5.91 Å². The van der Waals surface area contributed by atoms with E-state index in [1.807, 2.05) is 0 Å². The molecule has 1 unspecified atom stereocenters. The maximum Gasteiger partial charge on any atom is 0.251 e. The van der Waals surface area contributed by atoms with Gasteiger partial charge in [-0.2, -0.15) is 0 Å². The van der Waals surface area contributed by atoms with Crippen LogP contribution in [0, 0.1) is 18.6 Å². The standard InChI is InChI=1S/C17H17F2NO2/c1-11-9-12(3-8-15(11)19)16(21)20-10-17(2,22)13-4-6-14(18)7-5-13/h3-9,22H,10H2,1-2H3,(H,20,21). The van der Waals surface area contributed by atoms with Gasteiger partial charge in [-0.25, -0.2) is 8.78 Å². The second kappa shape index (κ2) is 6.23. The van der Waals surface area contributed by atoms with E-state index in [4.69, 9.17) is 0 Å². The summed E-state index contributed by atoms with van der Waals surface area (Å²) in [7, 11) is 0. The average Bonchev–Trinajstić information content (AvgIpc) is 2.48. The number of carbonyl (C=O) groups is 1. The molecule has 0 aliphatic heterocycles. The molecule has 0 spiro atoms. The van der Waals surface area contributed by atoms with Crippen molar-refractivity contribution in [3.8, 4) is 0 Å². The summed E-state index contributed by atoms with van der Waals surface area (Å²) < 4.78 is 26.1. The second-order valence-corrected chi connectivity index (χ2v) is 5.43. The fourth-order valence-corrected chi connectivity index (χ4v) is 2.05. The third-order valence-electron chi connectivity index (χ3n) is 3.48. The summed E-state index contributed by atoms with van der Waals surface area (Å²) in [6, 6.07) is 9.46. The van der Waals surface area contributed by atoms with Crippen LogP contribution in [0.1, 0.15) is 28.4 Å². The molecular formula is C17H17F2NO2. The van der Waals surface area contributed by atoms with Gasteiger partial charge < -0.3 is 10.4 Å². The summed E-state index contributed by atoms with van der Waals surface area (Å²) in [5, 5.41) is 13.0. The number of nitrogens with one attached hydrogen (secondary N) is 1. The maximum atomic E-state index is 13.2. The van der Waals surface area contributed by atoms with E-state index >= 15 is 0 Å². The molecule has 0 aliphatic rings. The van der Waals surface area contributed by atoms with Crippen molar-refractivity contribution in [1.82, 2.24) is 5.32 Å². The van der Waals surface area contributed by atoms with Gasteiger partial charge in [-0.3, -0.25) is 4.79 Å². The Kier molecular flexibility index (Phi) is 4.56. The van der Waals surface area contributed by atoms with E-state index in [1.165, 1.54) is 49.4 Å². The minimum absolute atomic E-state index is 0.0477. The van der Waals surface area contributed by atoms with E-state index in [9.17, 15) is 18.7 Å². The number of aliphatic hydroxyl groups is 1. The Bertz CT molecular complexity index is 682. The molecule has 0 saturated heterocycles. The van der Waals surface area contributed by atoms with Crippen molar-refractivity contribution in [2.24, 2.45) is 0 Å². The molecule has 0 aliphatic carbocycles. The first-order valence-corrected chi connectivity index (χ1v) is 6.82. The lowest BCUT2D eigenvalue weighted by Crippen LogP contribution is -2.38. The fraction of sp³-hybridized carbons (Fsp3) is 0.235. The van der Waals surface area contributed by atoms with E-state index in [-0.39, 0.29) is 12.4 Å². The van der Waals surface area contributed by atoms with Crippen molar-refractivity contribution in [2.75, 3.05) is 6.54 Å². The molecule has 2 rings (SSSR count). The Labute approximate surface area is 127 Å². The van der Waals surface area contributed by atoms with Crippen LogP contribution in [0.3, 0.4) is 0 Å². The van der Waals surface area contributed by atoms with Crippen molar-refractivity contribution in [1.29, 1.82) is 0 Å². The third kappa shape index (κ3) is 3.68. The minimum atomic E-state index is -1.33. The molecule has 0 radical (unpaired) electrons. The fourth-order valence-electron chi connectivity index (χ4n) is 2.05. The normalized spacial score (nSPS) is 13.5. The van der Waals surface area contributed by atoms with Gasteiger partial charge in [0.05, 0.1) is 6.54 Å². The van der Waals surface area contributed by atoms with Crippen LogP contribution in [-0.2, 0) is 5.60 Å². The first kappa shape index (κ1) is 16.1. The van der Waals surface area contributed by atoms with Crippen LogP contribution in [0.15, 0.2) is 42.5 Å². The number of hydrogen-bond acceptors (Lipinski definition) is 2. The lowest BCUT2D eigenvalue weighted by molar-refractivity contribution is 0.0526. The molecule has 0 saturated carbocycles. The predicted molar refractivity (Wildman–Crippen MR) is 79.4 cm³/mol. The number of aryl methyl sites for hydroxylation is 1. The van der Waals surface area contributed by atoms with Gasteiger partial charge in [0.2, 0.25) is 0 Å². The van der Waals surface area contributed by atoms with Gasteiger partial charge in [0.15, 0.2) is 0 Å². The molecule has 1 atom stereocenters. The highest BCUT2D eigenvalue weighted by Gasteiger charge is 2.24. The highest BCUT2D eigenvalue weighted by molar-refractivity contribution is 5.94. The van der Waals surface area contributed by atoms with Crippen LogP contribution in [-0.4, -0.2) is 17.6 Å². The summed E-state index contributed by atoms with van der Waals surface area (Å²) in [5.41, 5.74) is -0.158. The Balaban J connectivity index is 2.06. The van der Waals surface area contributed by atoms with Crippen LogP contribution in [0.4, 0.5) is 8.78 Å². The highest BCUT2D eigenvalue weighted by atomic mass is 19.1. The smallest absolute Gasteiger partial charge is 0.251 e. The van der Waals surface area contributed by atoms with Crippen LogP contribution in [0.2, 0.25) is 0 Å². The molecule has 0 bridgehead atoms. The van der Waals surface area contributed by atoms with E-state index in [0.29, 0.717) is 16.7 Å². The second-order valence-electron chi connectivity index (χ2n) is 5.43. The van der Waals surface area contributed by atoms with Crippen LogP contribution < -0.4 is 5.32 Å². The maximum absolute atomic E-state index is 13.2. The summed E-state index contributed by atoms with van der Waals surface area (Å²) in [5.74, 6) is -1.19. The molecule has 5 heteroatoms. The number of amides is 1. The zero-order valence-electron chi connectivity index (χ0n) is 12.4. The first-order valence-electron chi connectivity index (χ1n) is 6.82. The van der Waals surface area contributed by atoms with Crippen molar-refractivity contribution >= 4 is 5.91 Å². The monoisotopic (exact) mass is 305 g/mol. The number of hydrogen-bond donors (Lipinski definition) is 2. The molecule has 116 valence electrons.